The van der Waals surface area contributed by atoms with E-state index in [-0.39, 0.29) is 5.82 Å². The van der Waals surface area contributed by atoms with Crippen molar-refractivity contribution in [3.63, 3.8) is 0 Å². The Morgan fingerprint density at radius 2 is 1.90 bits per heavy atom. The molecule has 5 nitrogen and oxygen atoms in total. The number of amides is 1. The van der Waals surface area contributed by atoms with E-state index in [0.29, 0.717) is 5.65 Å². The lowest BCUT2D eigenvalue weighted by molar-refractivity contribution is -0.269. The zero-order valence-corrected chi connectivity index (χ0v) is 9.66. The maximum Gasteiger partial charge on any atom is 0.463 e. The van der Waals surface area contributed by atoms with Gasteiger partial charge in [-0.2, -0.15) is 22.0 Å². The molecule has 0 atom stereocenters. The molecule has 20 heavy (non-hydrogen) atoms. The highest BCUT2D eigenvalue weighted by Gasteiger charge is 2.63. The van der Waals surface area contributed by atoms with Crippen LogP contribution in [-0.2, 0) is 11.3 Å². The second-order valence-electron chi connectivity index (χ2n) is 3.80. The van der Waals surface area contributed by atoms with Crippen LogP contribution < -0.4 is 5.32 Å². The summed E-state index contributed by atoms with van der Waals surface area (Å²) in [5.74, 6) is -7.85. The van der Waals surface area contributed by atoms with E-state index in [2.05, 4.69) is 10.2 Å². The van der Waals surface area contributed by atoms with Crippen LogP contribution in [0.2, 0.25) is 0 Å². The lowest BCUT2D eigenvalue weighted by Gasteiger charge is -2.18. The monoisotopic (exact) mass is 294 g/mol. The number of nitrogens with zero attached hydrogens (tertiary/aromatic N) is 3. The summed E-state index contributed by atoms with van der Waals surface area (Å²) in [7, 11) is 0. The standard InChI is InChI=1S/C10H7F5N4O/c11-9(12,10(13,14)15)8(20)16-5-7-18-17-6-3-1-2-4-19(6)7/h1-4H,5H2,(H,16,20). The maximum absolute atomic E-state index is 12.7. The summed E-state index contributed by atoms with van der Waals surface area (Å²) in [5.41, 5.74) is 0.374. The van der Waals surface area contributed by atoms with Gasteiger partial charge in [0, 0.05) is 6.20 Å². The van der Waals surface area contributed by atoms with Crippen LogP contribution >= 0.6 is 0 Å². The molecule has 2 heterocycles. The molecule has 0 aliphatic carbocycles. The van der Waals surface area contributed by atoms with Gasteiger partial charge in [-0.3, -0.25) is 9.20 Å². The predicted octanol–water partition coefficient (Wildman–Crippen LogP) is 1.54. The van der Waals surface area contributed by atoms with Crippen LogP contribution in [-0.4, -0.2) is 32.6 Å². The fraction of sp³-hybridized carbons (Fsp3) is 0.300. The van der Waals surface area contributed by atoms with Crippen molar-refractivity contribution >= 4 is 11.6 Å². The lowest BCUT2D eigenvalue weighted by atomic mass is 10.3. The third-order valence-corrected chi connectivity index (χ3v) is 2.43. The van der Waals surface area contributed by atoms with Gasteiger partial charge >= 0.3 is 18.0 Å². The molecule has 0 fully saturated rings. The van der Waals surface area contributed by atoms with Gasteiger partial charge in [0.25, 0.3) is 0 Å². The number of hydrogen-bond donors (Lipinski definition) is 1. The summed E-state index contributed by atoms with van der Waals surface area (Å²) in [5, 5.41) is 8.73. The minimum absolute atomic E-state index is 0.0342. The van der Waals surface area contributed by atoms with Crippen molar-refractivity contribution in [2.45, 2.75) is 18.6 Å². The topological polar surface area (TPSA) is 59.3 Å². The van der Waals surface area contributed by atoms with Crippen molar-refractivity contribution in [3.05, 3.63) is 30.2 Å². The molecule has 0 unspecified atom stereocenters. The third-order valence-electron chi connectivity index (χ3n) is 2.43. The molecular weight excluding hydrogens is 287 g/mol. The minimum atomic E-state index is -5.94. The predicted molar refractivity (Wildman–Crippen MR) is 55.8 cm³/mol. The van der Waals surface area contributed by atoms with Crippen LogP contribution in [0.4, 0.5) is 22.0 Å². The maximum atomic E-state index is 12.7. The molecule has 0 aliphatic heterocycles. The summed E-state index contributed by atoms with van der Waals surface area (Å²) < 4.78 is 62.6. The summed E-state index contributed by atoms with van der Waals surface area (Å²) in [6.07, 6.45) is -4.46. The van der Waals surface area contributed by atoms with E-state index < -0.39 is 24.6 Å². The van der Waals surface area contributed by atoms with E-state index in [4.69, 9.17) is 0 Å². The largest absolute Gasteiger partial charge is 0.463 e. The lowest BCUT2D eigenvalue weighted by Crippen LogP contribution is -2.50. The highest BCUT2D eigenvalue weighted by Crippen LogP contribution is 2.35. The number of alkyl halides is 5. The Kier molecular flexibility index (Phi) is 3.32. The number of aromatic nitrogens is 3. The molecule has 0 aromatic carbocycles. The van der Waals surface area contributed by atoms with Crippen molar-refractivity contribution in [3.8, 4) is 0 Å². The Balaban J connectivity index is 2.11. The quantitative estimate of drug-likeness (QED) is 0.874. The van der Waals surface area contributed by atoms with Crippen molar-refractivity contribution in [2.75, 3.05) is 0 Å². The summed E-state index contributed by atoms with van der Waals surface area (Å²) in [6.45, 7) is -0.602. The van der Waals surface area contributed by atoms with Gasteiger partial charge < -0.3 is 5.32 Å². The first kappa shape index (κ1) is 14.2. The van der Waals surface area contributed by atoms with Gasteiger partial charge in [-0.15, -0.1) is 10.2 Å². The molecule has 10 heteroatoms. The molecule has 108 valence electrons. The zero-order valence-electron chi connectivity index (χ0n) is 9.66. The normalized spacial score (nSPS) is 12.7. The van der Waals surface area contributed by atoms with Crippen LogP contribution in [0.3, 0.4) is 0 Å². The van der Waals surface area contributed by atoms with Gasteiger partial charge in [0.05, 0.1) is 6.54 Å². The highest BCUT2D eigenvalue weighted by atomic mass is 19.4. The minimum Gasteiger partial charge on any atom is -0.343 e. The Bertz CT molecular complexity index is 636. The average molecular weight is 294 g/mol. The molecule has 0 saturated carbocycles. The van der Waals surface area contributed by atoms with Gasteiger partial charge in [0.15, 0.2) is 11.5 Å². The summed E-state index contributed by atoms with van der Waals surface area (Å²) in [6, 6.07) is 4.79. The molecule has 0 saturated heterocycles. The third kappa shape index (κ3) is 2.40. The molecule has 0 aliphatic rings. The van der Waals surface area contributed by atoms with Crippen LogP contribution in [0.1, 0.15) is 5.82 Å². The SMILES string of the molecule is O=C(NCc1nnc2ccccn12)C(F)(F)C(F)(F)F. The van der Waals surface area contributed by atoms with Crippen LogP contribution in [0, 0.1) is 0 Å². The second-order valence-corrected chi connectivity index (χ2v) is 3.80. The van der Waals surface area contributed by atoms with E-state index in [1.54, 1.807) is 18.2 Å². The molecule has 1 N–H and O–H groups in total. The van der Waals surface area contributed by atoms with Crippen LogP contribution in [0.5, 0.6) is 0 Å². The Morgan fingerprint density at radius 1 is 1.20 bits per heavy atom. The van der Waals surface area contributed by atoms with Crippen LogP contribution in [0.25, 0.3) is 5.65 Å². The van der Waals surface area contributed by atoms with E-state index >= 15 is 0 Å². The number of hydrogen-bond acceptors (Lipinski definition) is 3. The van der Waals surface area contributed by atoms with Gasteiger partial charge in [-0.1, -0.05) is 6.07 Å². The number of rotatable bonds is 3. The molecule has 2 rings (SSSR count). The van der Waals surface area contributed by atoms with E-state index in [0.717, 1.165) is 0 Å². The molecule has 0 spiro atoms. The Labute approximate surface area is 108 Å². The zero-order chi connectivity index (χ0) is 15.0. The van der Waals surface area contributed by atoms with Crippen molar-refractivity contribution < 1.29 is 26.7 Å². The Hall–Kier alpha value is -2.26. The average Bonchev–Trinajstić information content (AvgIpc) is 2.77. The molecule has 0 radical (unpaired) electrons. The smallest absolute Gasteiger partial charge is 0.343 e. The van der Waals surface area contributed by atoms with Crippen molar-refractivity contribution in [1.29, 1.82) is 0 Å². The highest BCUT2D eigenvalue weighted by molar-refractivity contribution is 5.84. The number of carbonyl (C=O) groups is 1. The molecular formula is C10H7F5N4O. The van der Waals surface area contributed by atoms with Crippen molar-refractivity contribution in [1.82, 2.24) is 19.9 Å². The number of halogens is 5. The van der Waals surface area contributed by atoms with E-state index in [1.807, 2.05) is 0 Å². The second kappa shape index (κ2) is 4.69. The molecule has 1 amide bonds. The Morgan fingerprint density at radius 3 is 2.55 bits per heavy atom. The first-order chi connectivity index (χ1) is 9.23. The van der Waals surface area contributed by atoms with Gasteiger partial charge in [-0.05, 0) is 12.1 Å². The van der Waals surface area contributed by atoms with E-state index in [1.165, 1.54) is 15.9 Å². The summed E-state index contributed by atoms with van der Waals surface area (Å²) >= 11 is 0. The summed E-state index contributed by atoms with van der Waals surface area (Å²) in [4.78, 5) is 10.9. The fourth-order valence-corrected chi connectivity index (χ4v) is 1.41. The number of fused-ring (bicyclic) bond motifs is 1. The molecule has 2 aromatic heterocycles. The van der Waals surface area contributed by atoms with Gasteiger partial charge in [-0.25, -0.2) is 0 Å². The number of pyridine rings is 1. The van der Waals surface area contributed by atoms with E-state index in [9.17, 15) is 26.7 Å². The molecule has 2 aromatic rings. The van der Waals surface area contributed by atoms with Crippen LogP contribution in [0.15, 0.2) is 24.4 Å². The van der Waals surface area contributed by atoms with Crippen molar-refractivity contribution in [2.24, 2.45) is 0 Å². The number of nitrogens with one attached hydrogen (secondary N) is 1. The number of carbonyl (C=O) groups excluding carboxylic acids is 1. The molecule has 0 bridgehead atoms. The fourth-order valence-electron chi connectivity index (χ4n) is 1.41. The first-order valence-electron chi connectivity index (χ1n) is 5.25. The first-order valence-corrected chi connectivity index (χ1v) is 5.25. The van der Waals surface area contributed by atoms with Gasteiger partial charge in [0.1, 0.15) is 0 Å². The van der Waals surface area contributed by atoms with Gasteiger partial charge in [0.2, 0.25) is 0 Å².